The van der Waals surface area contributed by atoms with Gasteiger partial charge in [-0.3, -0.25) is 0 Å². The summed E-state index contributed by atoms with van der Waals surface area (Å²) in [6.07, 6.45) is 6.02. The number of hydrogen-bond acceptors (Lipinski definition) is 2. The second kappa shape index (κ2) is 3.26. The minimum absolute atomic E-state index is 0.0185. The topological polar surface area (TPSA) is 34.1 Å². The molecule has 0 aliphatic carbocycles. The molecule has 2 aliphatic heterocycles. The SMILES string of the molecule is CCC1CC2CCCC(C1)S2(=O)=O. The molecular formula is C10H18O2S. The maximum absolute atomic E-state index is 11.9. The highest BCUT2D eigenvalue weighted by Gasteiger charge is 2.43. The monoisotopic (exact) mass is 202 g/mol. The highest BCUT2D eigenvalue weighted by molar-refractivity contribution is 7.92. The summed E-state index contributed by atoms with van der Waals surface area (Å²) in [5.41, 5.74) is 0. The first-order chi connectivity index (χ1) is 6.14. The van der Waals surface area contributed by atoms with Crippen LogP contribution < -0.4 is 0 Å². The Morgan fingerprint density at radius 3 is 2.15 bits per heavy atom. The molecule has 3 heteroatoms. The first kappa shape index (κ1) is 9.50. The molecule has 0 saturated carbocycles. The van der Waals surface area contributed by atoms with Gasteiger partial charge in [-0.1, -0.05) is 19.8 Å². The third kappa shape index (κ3) is 1.51. The predicted octanol–water partition coefficient (Wildman–Crippen LogP) is 2.14. The molecule has 2 saturated heterocycles. The summed E-state index contributed by atoms with van der Waals surface area (Å²) in [7, 11) is -2.71. The van der Waals surface area contributed by atoms with Crippen LogP contribution in [0.2, 0.25) is 0 Å². The van der Waals surface area contributed by atoms with E-state index in [1.807, 2.05) is 0 Å². The van der Waals surface area contributed by atoms with Crippen molar-refractivity contribution < 1.29 is 8.42 Å². The van der Waals surface area contributed by atoms with Crippen LogP contribution in [-0.2, 0) is 9.84 Å². The normalized spacial score (nSPS) is 43.0. The van der Waals surface area contributed by atoms with Crippen LogP contribution in [0, 0.1) is 5.92 Å². The summed E-state index contributed by atoms with van der Waals surface area (Å²) >= 11 is 0. The summed E-state index contributed by atoms with van der Waals surface area (Å²) in [6.45, 7) is 2.18. The van der Waals surface area contributed by atoms with Gasteiger partial charge in [0.2, 0.25) is 0 Å². The second-order valence-corrected chi connectivity index (χ2v) is 7.02. The molecule has 2 fully saturated rings. The first-order valence-corrected chi connectivity index (χ1v) is 6.98. The number of sulfone groups is 1. The predicted molar refractivity (Wildman–Crippen MR) is 53.4 cm³/mol. The van der Waals surface area contributed by atoms with E-state index in [-0.39, 0.29) is 10.5 Å². The van der Waals surface area contributed by atoms with Crippen molar-refractivity contribution >= 4 is 9.84 Å². The van der Waals surface area contributed by atoms with Crippen molar-refractivity contribution in [2.75, 3.05) is 0 Å². The molecule has 2 rings (SSSR count). The van der Waals surface area contributed by atoms with Crippen LogP contribution in [0.3, 0.4) is 0 Å². The Balaban J connectivity index is 2.22. The minimum atomic E-state index is -2.71. The van der Waals surface area contributed by atoms with E-state index in [4.69, 9.17) is 0 Å². The van der Waals surface area contributed by atoms with Crippen molar-refractivity contribution in [2.24, 2.45) is 5.92 Å². The van der Waals surface area contributed by atoms with Gasteiger partial charge in [0, 0.05) is 0 Å². The molecular weight excluding hydrogens is 184 g/mol. The first-order valence-electron chi connectivity index (χ1n) is 5.37. The molecule has 76 valence electrons. The van der Waals surface area contributed by atoms with E-state index >= 15 is 0 Å². The Kier molecular flexibility index (Phi) is 2.39. The Bertz CT molecular complexity index is 261. The quantitative estimate of drug-likeness (QED) is 0.653. The average molecular weight is 202 g/mol. The molecule has 13 heavy (non-hydrogen) atoms. The largest absolute Gasteiger partial charge is 0.228 e. The van der Waals surface area contributed by atoms with Crippen LogP contribution in [0.15, 0.2) is 0 Å². The van der Waals surface area contributed by atoms with E-state index in [9.17, 15) is 8.42 Å². The summed E-state index contributed by atoms with van der Waals surface area (Å²) in [6, 6.07) is 0. The third-order valence-corrected chi connectivity index (χ3v) is 6.47. The van der Waals surface area contributed by atoms with Crippen molar-refractivity contribution in [1.82, 2.24) is 0 Å². The molecule has 0 radical (unpaired) electrons. The molecule has 0 aromatic carbocycles. The van der Waals surface area contributed by atoms with Gasteiger partial charge in [-0.15, -0.1) is 0 Å². The fraction of sp³-hybridized carbons (Fsp3) is 1.00. The van der Waals surface area contributed by atoms with Crippen molar-refractivity contribution in [2.45, 2.75) is 55.9 Å². The summed E-state index contributed by atoms with van der Waals surface area (Å²) in [5.74, 6) is 0.679. The zero-order valence-electron chi connectivity index (χ0n) is 8.20. The van der Waals surface area contributed by atoms with Crippen LogP contribution in [0.1, 0.15) is 45.4 Å². The lowest BCUT2D eigenvalue weighted by atomic mass is 9.88. The third-order valence-electron chi connectivity index (χ3n) is 3.75. The highest BCUT2D eigenvalue weighted by Crippen LogP contribution is 2.40. The lowest BCUT2D eigenvalue weighted by Gasteiger charge is -2.38. The smallest absolute Gasteiger partial charge is 0.156 e. The Labute approximate surface area is 80.6 Å². The minimum Gasteiger partial charge on any atom is -0.228 e. The average Bonchev–Trinajstić information content (AvgIpc) is 2.02. The van der Waals surface area contributed by atoms with Gasteiger partial charge in [0.15, 0.2) is 9.84 Å². The van der Waals surface area contributed by atoms with Gasteiger partial charge in [0.1, 0.15) is 0 Å². The number of fused-ring (bicyclic) bond motifs is 2. The van der Waals surface area contributed by atoms with Gasteiger partial charge in [0.25, 0.3) is 0 Å². The van der Waals surface area contributed by atoms with Crippen molar-refractivity contribution in [1.29, 1.82) is 0 Å². The Morgan fingerprint density at radius 1 is 1.15 bits per heavy atom. The molecule has 2 bridgehead atoms. The van der Waals surface area contributed by atoms with Gasteiger partial charge in [-0.25, -0.2) is 8.42 Å². The summed E-state index contributed by atoms with van der Waals surface area (Å²) < 4.78 is 23.7. The van der Waals surface area contributed by atoms with E-state index in [0.29, 0.717) is 5.92 Å². The molecule has 0 aromatic heterocycles. The van der Waals surface area contributed by atoms with E-state index in [1.165, 1.54) is 0 Å². The molecule has 2 unspecified atom stereocenters. The number of hydrogen-bond donors (Lipinski definition) is 0. The van der Waals surface area contributed by atoms with E-state index in [1.54, 1.807) is 0 Å². The lowest BCUT2D eigenvalue weighted by molar-refractivity contribution is 0.335. The van der Waals surface area contributed by atoms with E-state index < -0.39 is 9.84 Å². The maximum Gasteiger partial charge on any atom is 0.156 e. The van der Waals surface area contributed by atoms with Gasteiger partial charge >= 0.3 is 0 Å². The maximum atomic E-state index is 11.9. The van der Waals surface area contributed by atoms with Crippen LogP contribution in [-0.4, -0.2) is 18.9 Å². The summed E-state index contributed by atoms with van der Waals surface area (Å²) in [4.78, 5) is 0. The van der Waals surface area contributed by atoms with Gasteiger partial charge < -0.3 is 0 Å². The highest BCUT2D eigenvalue weighted by atomic mass is 32.2. The van der Waals surface area contributed by atoms with Crippen LogP contribution in [0.25, 0.3) is 0 Å². The standard InChI is InChI=1S/C10H18O2S/c1-2-8-6-9-4-3-5-10(7-8)13(9,11)12/h8-10H,2-7H2,1H3. The lowest BCUT2D eigenvalue weighted by Crippen LogP contribution is -2.43. The van der Waals surface area contributed by atoms with Gasteiger partial charge in [0.05, 0.1) is 10.5 Å². The fourth-order valence-corrected chi connectivity index (χ4v) is 5.47. The fourth-order valence-electron chi connectivity index (χ4n) is 2.85. The zero-order chi connectivity index (χ0) is 9.47. The molecule has 2 heterocycles. The summed E-state index contributed by atoms with van der Waals surface area (Å²) in [5, 5.41) is 0.0369. The zero-order valence-corrected chi connectivity index (χ0v) is 9.02. The van der Waals surface area contributed by atoms with Crippen molar-refractivity contribution in [3.05, 3.63) is 0 Å². The number of rotatable bonds is 1. The van der Waals surface area contributed by atoms with E-state index in [2.05, 4.69) is 6.92 Å². The van der Waals surface area contributed by atoms with Crippen LogP contribution in [0.4, 0.5) is 0 Å². The molecule has 2 aliphatic rings. The van der Waals surface area contributed by atoms with E-state index in [0.717, 1.165) is 38.5 Å². The molecule has 0 aromatic rings. The van der Waals surface area contributed by atoms with Gasteiger partial charge in [-0.05, 0) is 31.6 Å². The molecule has 0 spiro atoms. The Morgan fingerprint density at radius 2 is 1.69 bits per heavy atom. The van der Waals surface area contributed by atoms with Crippen molar-refractivity contribution in [3.63, 3.8) is 0 Å². The van der Waals surface area contributed by atoms with Gasteiger partial charge in [-0.2, -0.15) is 0 Å². The van der Waals surface area contributed by atoms with Crippen LogP contribution >= 0.6 is 0 Å². The molecule has 0 N–H and O–H groups in total. The molecule has 2 atom stereocenters. The van der Waals surface area contributed by atoms with Crippen molar-refractivity contribution in [3.8, 4) is 0 Å². The molecule has 2 nitrogen and oxygen atoms in total. The Hall–Kier alpha value is -0.0500. The molecule has 0 amide bonds. The van der Waals surface area contributed by atoms with Crippen LogP contribution in [0.5, 0.6) is 0 Å². The second-order valence-electron chi connectivity index (χ2n) is 4.51.